The Bertz CT molecular complexity index is 512. The van der Waals surface area contributed by atoms with Crippen molar-refractivity contribution in [2.45, 2.75) is 12.8 Å². The molecule has 1 fully saturated rings. The number of tetrazole rings is 1. The first-order chi connectivity index (χ1) is 8.36. The highest BCUT2D eigenvalue weighted by atomic mass is 16.3. The molecule has 0 radical (unpaired) electrons. The molecule has 0 amide bonds. The lowest BCUT2D eigenvalue weighted by Crippen LogP contribution is -2.37. The minimum Gasteiger partial charge on any atom is -0.396 e. The predicted molar refractivity (Wildman–Crippen MR) is 60.6 cm³/mol. The van der Waals surface area contributed by atoms with Crippen LogP contribution in [0.1, 0.15) is 12.8 Å². The van der Waals surface area contributed by atoms with Crippen molar-refractivity contribution in [3.63, 3.8) is 0 Å². The molecule has 0 aliphatic carbocycles. The summed E-state index contributed by atoms with van der Waals surface area (Å²) in [6.07, 6.45) is 2.17. The number of aliphatic hydroxyl groups is 1. The molecule has 90 valence electrons. The average Bonchev–Trinajstić information content (AvgIpc) is 2.86. The van der Waals surface area contributed by atoms with Crippen LogP contribution < -0.4 is 4.90 Å². The molecule has 3 rings (SSSR count). The molecule has 3 heterocycles. The Morgan fingerprint density at radius 3 is 3.24 bits per heavy atom. The van der Waals surface area contributed by atoms with Gasteiger partial charge in [-0.3, -0.25) is 0 Å². The van der Waals surface area contributed by atoms with Crippen LogP contribution in [0.3, 0.4) is 0 Å². The molecule has 1 aliphatic heterocycles. The third-order valence-electron chi connectivity index (χ3n) is 3.16. The van der Waals surface area contributed by atoms with Crippen LogP contribution in [0, 0.1) is 5.92 Å². The van der Waals surface area contributed by atoms with Gasteiger partial charge in [0.2, 0.25) is 0 Å². The second-order valence-corrected chi connectivity index (χ2v) is 4.35. The smallest absolute Gasteiger partial charge is 0.200 e. The summed E-state index contributed by atoms with van der Waals surface area (Å²) in [4.78, 5) is 2.17. The molecule has 1 atom stereocenters. The van der Waals surface area contributed by atoms with Gasteiger partial charge in [0.1, 0.15) is 0 Å². The first kappa shape index (κ1) is 10.4. The fourth-order valence-electron chi connectivity index (χ4n) is 2.23. The number of hydrogen-bond donors (Lipinski definition) is 1. The van der Waals surface area contributed by atoms with Crippen molar-refractivity contribution < 1.29 is 5.11 Å². The van der Waals surface area contributed by atoms with Crippen LogP contribution in [0.2, 0.25) is 0 Å². The standard InChI is InChI=1S/C10H14N6O/c17-7-8-2-1-5-15(6-8)10-4-3-9-11-13-14-16(9)12-10/h3-4,8,17H,1-2,5-7H2/t8-/m1/s1. The van der Waals surface area contributed by atoms with Crippen molar-refractivity contribution in [3.05, 3.63) is 12.1 Å². The number of aliphatic hydroxyl groups excluding tert-OH is 1. The first-order valence-corrected chi connectivity index (χ1v) is 5.78. The molecule has 0 unspecified atom stereocenters. The van der Waals surface area contributed by atoms with Crippen LogP contribution in [0.5, 0.6) is 0 Å². The first-order valence-electron chi connectivity index (χ1n) is 5.78. The second-order valence-electron chi connectivity index (χ2n) is 4.35. The van der Waals surface area contributed by atoms with Crippen LogP contribution >= 0.6 is 0 Å². The summed E-state index contributed by atoms with van der Waals surface area (Å²) in [5.41, 5.74) is 0.643. The summed E-state index contributed by atoms with van der Waals surface area (Å²) >= 11 is 0. The predicted octanol–water partition coefficient (Wildman–Crippen LogP) is -0.272. The third-order valence-corrected chi connectivity index (χ3v) is 3.16. The molecule has 1 N–H and O–H groups in total. The molecule has 2 aromatic heterocycles. The van der Waals surface area contributed by atoms with Gasteiger partial charge >= 0.3 is 0 Å². The number of anilines is 1. The van der Waals surface area contributed by atoms with E-state index in [9.17, 15) is 5.11 Å². The maximum Gasteiger partial charge on any atom is 0.200 e. The van der Waals surface area contributed by atoms with E-state index in [1.807, 2.05) is 12.1 Å². The number of aromatic nitrogens is 5. The maximum absolute atomic E-state index is 9.21. The summed E-state index contributed by atoms with van der Waals surface area (Å²) in [5.74, 6) is 1.21. The topological polar surface area (TPSA) is 79.4 Å². The van der Waals surface area contributed by atoms with E-state index in [-0.39, 0.29) is 6.61 Å². The molecular weight excluding hydrogens is 220 g/mol. The van der Waals surface area contributed by atoms with E-state index in [4.69, 9.17) is 0 Å². The molecule has 1 saturated heterocycles. The monoisotopic (exact) mass is 234 g/mol. The molecule has 0 saturated carbocycles. The Morgan fingerprint density at radius 1 is 1.41 bits per heavy atom. The van der Waals surface area contributed by atoms with Crippen molar-refractivity contribution in [1.82, 2.24) is 25.3 Å². The van der Waals surface area contributed by atoms with Crippen LogP contribution in [-0.2, 0) is 0 Å². The summed E-state index contributed by atoms with van der Waals surface area (Å²) < 4.78 is 1.43. The Morgan fingerprint density at radius 2 is 2.35 bits per heavy atom. The maximum atomic E-state index is 9.21. The quantitative estimate of drug-likeness (QED) is 0.770. The molecular formula is C10H14N6O. The molecule has 7 nitrogen and oxygen atoms in total. The van der Waals surface area contributed by atoms with E-state index < -0.39 is 0 Å². The molecule has 0 aromatic carbocycles. The molecule has 0 bridgehead atoms. The number of hydrogen-bond acceptors (Lipinski definition) is 6. The minimum atomic E-state index is 0.240. The van der Waals surface area contributed by atoms with E-state index in [2.05, 4.69) is 25.5 Å². The third kappa shape index (κ3) is 1.93. The van der Waals surface area contributed by atoms with Gasteiger partial charge < -0.3 is 10.0 Å². The Kier molecular flexibility index (Phi) is 2.60. The van der Waals surface area contributed by atoms with Gasteiger partial charge in [-0.1, -0.05) is 0 Å². The zero-order chi connectivity index (χ0) is 11.7. The van der Waals surface area contributed by atoms with Gasteiger partial charge in [0.05, 0.1) is 0 Å². The van der Waals surface area contributed by atoms with Crippen LogP contribution in [0.4, 0.5) is 5.82 Å². The number of nitrogens with zero attached hydrogens (tertiary/aromatic N) is 6. The van der Waals surface area contributed by atoms with E-state index >= 15 is 0 Å². The Balaban J connectivity index is 1.86. The fourth-order valence-corrected chi connectivity index (χ4v) is 2.23. The Hall–Kier alpha value is -1.76. The number of fused-ring (bicyclic) bond motifs is 1. The van der Waals surface area contributed by atoms with Crippen molar-refractivity contribution in [3.8, 4) is 0 Å². The van der Waals surface area contributed by atoms with Gasteiger partial charge in [-0.25, -0.2) is 0 Å². The van der Waals surface area contributed by atoms with Crippen molar-refractivity contribution >= 4 is 11.5 Å². The summed E-state index contributed by atoms with van der Waals surface area (Å²) in [6.45, 7) is 2.05. The zero-order valence-electron chi connectivity index (χ0n) is 9.40. The van der Waals surface area contributed by atoms with Gasteiger partial charge in [-0.2, -0.15) is 0 Å². The average molecular weight is 234 g/mol. The van der Waals surface area contributed by atoms with E-state index in [1.54, 1.807) is 0 Å². The van der Waals surface area contributed by atoms with Gasteiger partial charge in [0.15, 0.2) is 11.5 Å². The lowest BCUT2D eigenvalue weighted by atomic mass is 9.99. The SMILES string of the molecule is OC[C@@H]1CCCN(c2ccc3nnnn3n2)C1. The van der Waals surface area contributed by atoms with Crippen molar-refractivity contribution in [2.24, 2.45) is 5.92 Å². The van der Waals surface area contributed by atoms with Crippen LogP contribution in [0.15, 0.2) is 12.1 Å². The lowest BCUT2D eigenvalue weighted by molar-refractivity contribution is 0.208. The summed E-state index contributed by atoms with van der Waals surface area (Å²) in [6, 6.07) is 3.77. The highest BCUT2D eigenvalue weighted by Crippen LogP contribution is 2.20. The lowest BCUT2D eigenvalue weighted by Gasteiger charge is -2.32. The number of rotatable bonds is 2. The van der Waals surface area contributed by atoms with E-state index in [0.29, 0.717) is 11.6 Å². The summed E-state index contributed by atoms with van der Waals surface area (Å²) in [7, 11) is 0. The molecule has 2 aromatic rings. The van der Waals surface area contributed by atoms with Crippen molar-refractivity contribution in [1.29, 1.82) is 0 Å². The van der Waals surface area contributed by atoms with Crippen LogP contribution in [0.25, 0.3) is 5.65 Å². The van der Waals surface area contributed by atoms with E-state index in [1.165, 1.54) is 4.63 Å². The molecule has 0 spiro atoms. The summed E-state index contributed by atoms with van der Waals surface area (Å²) in [5, 5.41) is 24.7. The zero-order valence-corrected chi connectivity index (χ0v) is 9.40. The molecule has 1 aliphatic rings. The number of piperidine rings is 1. The van der Waals surface area contributed by atoms with Crippen LogP contribution in [-0.4, -0.2) is 50.1 Å². The van der Waals surface area contributed by atoms with E-state index in [0.717, 1.165) is 31.7 Å². The normalized spacial score (nSPS) is 21.0. The minimum absolute atomic E-state index is 0.240. The van der Waals surface area contributed by atoms with Gasteiger partial charge in [0, 0.05) is 19.7 Å². The Labute approximate surface area is 98.0 Å². The largest absolute Gasteiger partial charge is 0.396 e. The van der Waals surface area contributed by atoms with Crippen molar-refractivity contribution in [2.75, 3.05) is 24.6 Å². The van der Waals surface area contributed by atoms with Gasteiger partial charge in [-0.05, 0) is 41.3 Å². The van der Waals surface area contributed by atoms with Gasteiger partial charge in [0.25, 0.3) is 0 Å². The highest BCUT2D eigenvalue weighted by Gasteiger charge is 2.20. The molecule has 7 heteroatoms. The second kappa shape index (κ2) is 4.25. The van der Waals surface area contributed by atoms with Gasteiger partial charge in [-0.15, -0.1) is 14.8 Å². The molecule has 17 heavy (non-hydrogen) atoms. The fraction of sp³-hybridized carbons (Fsp3) is 0.600. The highest BCUT2D eigenvalue weighted by molar-refractivity contribution is 5.44.